The van der Waals surface area contributed by atoms with Crippen molar-refractivity contribution in [2.75, 3.05) is 44.4 Å². The molecule has 1 atom stereocenters. The van der Waals surface area contributed by atoms with E-state index in [1.807, 2.05) is 7.05 Å². The Balaban J connectivity index is 2.21. The van der Waals surface area contributed by atoms with E-state index in [1.54, 1.807) is 0 Å². The van der Waals surface area contributed by atoms with Gasteiger partial charge in [-0.2, -0.15) is 0 Å². The molecule has 0 spiro atoms. The van der Waals surface area contributed by atoms with Gasteiger partial charge >= 0.3 is 0 Å². The van der Waals surface area contributed by atoms with Crippen LogP contribution in [0, 0.1) is 0 Å². The Hall–Kier alpha value is -1.07. The Morgan fingerprint density at radius 1 is 1.47 bits per heavy atom. The summed E-state index contributed by atoms with van der Waals surface area (Å²) in [6, 6.07) is 0.577. The highest BCUT2D eigenvalue weighted by Gasteiger charge is 2.27. The summed E-state index contributed by atoms with van der Waals surface area (Å²) in [5.41, 5.74) is 0.813. The van der Waals surface area contributed by atoms with Gasteiger partial charge in [-0.15, -0.1) is 0 Å². The molecule has 1 aliphatic rings. The molecule has 1 N–H and O–H groups in total. The van der Waals surface area contributed by atoms with E-state index in [4.69, 9.17) is 11.6 Å². The Labute approximate surface area is 107 Å². The SMILES string of the molecule is CNc1c(Cl)ncnc1N1CCC(N(C)C)C1. The molecular formula is C11H18ClN5. The minimum Gasteiger partial charge on any atom is -0.383 e. The summed E-state index contributed by atoms with van der Waals surface area (Å²) < 4.78 is 0. The van der Waals surface area contributed by atoms with Crippen LogP contribution < -0.4 is 10.2 Å². The predicted octanol–water partition coefficient (Wildman–Crippen LogP) is 1.31. The van der Waals surface area contributed by atoms with Crippen LogP contribution in [0.4, 0.5) is 11.5 Å². The Morgan fingerprint density at radius 3 is 2.82 bits per heavy atom. The number of hydrogen-bond acceptors (Lipinski definition) is 5. The lowest BCUT2D eigenvalue weighted by Crippen LogP contribution is -2.32. The van der Waals surface area contributed by atoms with Gasteiger partial charge in [-0.25, -0.2) is 9.97 Å². The first-order valence-electron chi connectivity index (χ1n) is 5.73. The van der Waals surface area contributed by atoms with Crippen LogP contribution in [0.1, 0.15) is 6.42 Å². The summed E-state index contributed by atoms with van der Waals surface area (Å²) in [6.07, 6.45) is 2.67. The molecule has 5 nitrogen and oxygen atoms in total. The zero-order valence-electron chi connectivity index (χ0n) is 10.4. The maximum Gasteiger partial charge on any atom is 0.157 e. The molecule has 2 heterocycles. The number of likely N-dealkylation sites (N-methyl/N-ethyl adjacent to an activating group) is 1. The molecule has 1 unspecified atom stereocenters. The van der Waals surface area contributed by atoms with Gasteiger partial charge in [-0.3, -0.25) is 0 Å². The van der Waals surface area contributed by atoms with Crippen LogP contribution in [-0.4, -0.2) is 55.1 Å². The molecule has 94 valence electrons. The third-order valence-electron chi connectivity index (χ3n) is 3.22. The summed E-state index contributed by atoms with van der Waals surface area (Å²) in [7, 11) is 6.06. The predicted molar refractivity (Wildman–Crippen MR) is 70.9 cm³/mol. The summed E-state index contributed by atoms with van der Waals surface area (Å²) in [5, 5.41) is 3.55. The molecule has 1 saturated heterocycles. The van der Waals surface area contributed by atoms with Crippen LogP contribution in [0.15, 0.2) is 6.33 Å². The summed E-state index contributed by atoms with van der Waals surface area (Å²) in [4.78, 5) is 12.8. The van der Waals surface area contributed by atoms with Gasteiger partial charge in [-0.05, 0) is 20.5 Å². The van der Waals surface area contributed by atoms with E-state index < -0.39 is 0 Å². The third-order valence-corrected chi connectivity index (χ3v) is 3.51. The normalized spacial score (nSPS) is 20.1. The fourth-order valence-corrected chi connectivity index (χ4v) is 2.39. The highest BCUT2D eigenvalue weighted by Crippen LogP contribution is 2.31. The molecule has 0 radical (unpaired) electrons. The molecule has 1 fully saturated rings. The molecule has 6 heteroatoms. The lowest BCUT2D eigenvalue weighted by molar-refractivity contribution is 0.315. The van der Waals surface area contributed by atoms with E-state index in [9.17, 15) is 0 Å². The minimum atomic E-state index is 0.478. The lowest BCUT2D eigenvalue weighted by atomic mass is 10.2. The number of nitrogens with one attached hydrogen (secondary N) is 1. The first-order valence-corrected chi connectivity index (χ1v) is 6.11. The molecule has 1 aromatic rings. The van der Waals surface area contributed by atoms with Crippen molar-refractivity contribution in [1.82, 2.24) is 14.9 Å². The number of hydrogen-bond donors (Lipinski definition) is 1. The largest absolute Gasteiger partial charge is 0.383 e. The fraction of sp³-hybridized carbons (Fsp3) is 0.636. The second kappa shape index (κ2) is 5.06. The number of rotatable bonds is 3. The number of anilines is 2. The second-order valence-corrected chi connectivity index (χ2v) is 4.82. The highest BCUT2D eigenvalue weighted by molar-refractivity contribution is 6.32. The van der Waals surface area contributed by atoms with Gasteiger partial charge in [0.05, 0.1) is 0 Å². The van der Waals surface area contributed by atoms with Crippen LogP contribution in [-0.2, 0) is 0 Å². The summed E-state index contributed by atoms with van der Waals surface area (Å²) in [5.74, 6) is 0.900. The maximum absolute atomic E-state index is 6.06. The Bertz CT molecular complexity index is 395. The quantitative estimate of drug-likeness (QED) is 0.826. The van der Waals surface area contributed by atoms with Crippen molar-refractivity contribution in [1.29, 1.82) is 0 Å². The monoisotopic (exact) mass is 255 g/mol. The molecule has 2 rings (SSSR count). The van der Waals surface area contributed by atoms with Crippen LogP contribution in [0.3, 0.4) is 0 Å². The van der Waals surface area contributed by atoms with Gasteiger partial charge in [0.2, 0.25) is 0 Å². The average molecular weight is 256 g/mol. The first kappa shape index (κ1) is 12.4. The molecular weight excluding hydrogens is 238 g/mol. The van der Waals surface area contributed by atoms with E-state index in [-0.39, 0.29) is 0 Å². The lowest BCUT2D eigenvalue weighted by Gasteiger charge is -2.22. The van der Waals surface area contributed by atoms with Crippen LogP contribution in [0.2, 0.25) is 5.15 Å². The van der Waals surface area contributed by atoms with Gasteiger partial charge in [0.1, 0.15) is 12.0 Å². The van der Waals surface area contributed by atoms with E-state index in [0.717, 1.165) is 31.0 Å². The minimum absolute atomic E-state index is 0.478. The van der Waals surface area contributed by atoms with Crippen LogP contribution >= 0.6 is 11.6 Å². The van der Waals surface area contributed by atoms with Crippen molar-refractivity contribution in [2.24, 2.45) is 0 Å². The van der Waals surface area contributed by atoms with Crippen molar-refractivity contribution in [3.05, 3.63) is 11.5 Å². The fourth-order valence-electron chi connectivity index (χ4n) is 2.17. The number of aromatic nitrogens is 2. The zero-order chi connectivity index (χ0) is 12.4. The molecule has 0 bridgehead atoms. The highest BCUT2D eigenvalue weighted by atomic mass is 35.5. The van der Waals surface area contributed by atoms with Crippen molar-refractivity contribution < 1.29 is 0 Å². The molecule has 17 heavy (non-hydrogen) atoms. The van der Waals surface area contributed by atoms with E-state index >= 15 is 0 Å². The summed E-state index contributed by atoms with van der Waals surface area (Å²) in [6.45, 7) is 1.99. The first-order chi connectivity index (χ1) is 8.13. The molecule has 0 aliphatic carbocycles. The van der Waals surface area contributed by atoms with Crippen LogP contribution in [0.5, 0.6) is 0 Å². The van der Waals surface area contributed by atoms with Gasteiger partial charge in [0.25, 0.3) is 0 Å². The zero-order valence-corrected chi connectivity index (χ0v) is 11.2. The third kappa shape index (κ3) is 2.45. The number of nitrogens with zero attached hydrogens (tertiary/aromatic N) is 4. The van der Waals surface area contributed by atoms with Crippen LogP contribution in [0.25, 0.3) is 0 Å². The molecule has 1 aromatic heterocycles. The molecule has 0 saturated carbocycles. The summed E-state index contributed by atoms with van der Waals surface area (Å²) >= 11 is 6.06. The molecule has 0 amide bonds. The van der Waals surface area contributed by atoms with E-state index in [0.29, 0.717) is 11.2 Å². The van der Waals surface area contributed by atoms with Gasteiger partial charge in [0, 0.05) is 26.2 Å². The molecule has 0 aromatic carbocycles. The van der Waals surface area contributed by atoms with Gasteiger partial charge < -0.3 is 15.1 Å². The van der Waals surface area contributed by atoms with E-state index in [2.05, 4.69) is 39.2 Å². The van der Waals surface area contributed by atoms with Crippen molar-refractivity contribution >= 4 is 23.1 Å². The van der Waals surface area contributed by atoms with Gasteiger partial charge in [0.15, 0.2) is 11.0 Å². The van der Waals surface area contributed by atoms with Crippen molar-refractivity contribution in [3.8, 4) is 0 Å². The van der Waals surface area contributed by atoms with E-state index in [1.165, 1.54) is 6.33 Å². The van der Waals surface area contributed by atoms with Crippen molar-refractivity contribution in [3.63, 3.8) is 0 Å². The Kier molecular flexibility index (Phi) is 3.69. The standard InChI is InChI=1S/C11H18ClN5/c1-13-9-10(12)14-7-15-11(9)17-5-4-8(6-17)16(2)3/h7-8,13H,4-6H2,1-3H3. The van der Waals surface area contributed by atoms with Gasteiger partial charge in [-0.1, -0.05) is 11.6 Å². The van der Waals surface area contributed by atoms with Crippen molar-refractivity contribution in [2.45, 2.75) is 12.5 Å². The maximum atomic E-state index is 6.06. The topological polar surface area (TPSA) is 44.3 Å². The smallest absolute Gasteiger partial charge is 0.157 e. The number of halogens is 1. The average Bonchev–Trinajstić information content (AvgIpc) is 2.77. The Morgan fingerprint density at radius 2 is 2.24 bits per heavy atom. The molecule has 1 aliphatic heterocycles. The second-order valence-electron chi connectivity index (χ2n) is 4.47.